The van der Waals surface area contributed by atoms with Crippen molar-refractivity contribution in [3.05, 3.63) is 0 Å². The summed E-state index contributed by atoms with van der Waals surface area (Å²) in [5.74, 6) is 0. The van der Waals surface area contributed by atoms with Crippen LogP contribution in [-0.2, 0) is 43.7 Å². The molecule has 0 aliphatic carbocycles. The van der Waals surface area contributed by atoms with E-state index < -0.39 is 18.6 Å². The maximum absolute atomic E-state index is 8.58. The molecule has 0 aliphatic heterocycles. The first-order chi connectivity index (χ1) is 1.73. The second kappa shape index (κ2) is 85.7. The summed E-state index contributed by atoms with van der Waals surface area (Å²) in [6.07, 6.45) is 0. The zero-order valence-electron chi connectivity index (χ0n) is 10.1. The van der Waals surface area contributed by atoms with Gasteiger partial charge in [0.05, 0.1) is 0 Å². The van der Waals surface area contributed by atoms with Gasteiger partial charge in [-0.2, -0.15) is 0 Å². The van der Waals surface area contributed by atoms with E-state index in [9.17, 15) is 0 Å². The molecule has 7 nitrogen and oxygen atoms in total. The van der Waals surface area contributed by atoms with Crippen molar-refractivity contribution in [2.45, 2.75) is 0 Å². The van der Waals surface area contributed by atoms with Crippen LogP contribution in [0.4, 0.5) is 0 Å². The van der Waals surface area contributed by atoms with E-state index in [-0.39, 0.29) is 318 Å². The van der Waals surface area contributed by atoms with Crippen LogP contribution in [0.3, 0.4) is 0 Å². The Morgan fingerprint density at radius 2 is 0.625 bits per heavy atom. The van der Waals surface area contributed by atoms with Crippen molar-refractivity contribution >= 4 is 69.2 Å². The smallest absolute Gasteiger partial charge is 0 e. The van der Waals surface area contributed by atoms with Crippen LogP contribution < -0.4 is 213 Å². The quantitative estimate of drug-likeness (QED) is 0.334. The topological polar surface area (TPSA) is 183 Å². The fraction of sp³-hybridized carbons (Fsp3) is 0. The molecule has 0 atom stereocenters. The molecule has 0 amide bonds. The molecule has 0 aliphatic rings. The van der Waals surface area contributed by atoms with Crippen LogP contribution in [0.2, 0.25) is 0 Å². The van der Waals surface area contributed by atoms with Gasteiger partial charge >= 0.3 is 304 Å². The zero-order chi connectivity index (χ0) is 3.58. The minimum atomic E-state index is -4.08. The fourth-order valence-electron chi connectivity index (χ4n) is 0. The van der Waals surface area contributed by atoms with Gasteiger partial charge in [-0.15, -0.1) is 0 Å². The van der Waals surface area contributed by atoms with E-state index in [1.165, 1.54) is 0 Å². The minimum absolute atomic E-state index is 0. The van der Waals surface area contributed by atoms with E-state index >= 15 is 0 Å². The summed E-state index contributed by atoms with van der Waals surface area (Å²) >= 11 is -4.08. The van der Waals surface area contributed by atoms with E-state index in [0.29, 0.717) is 0 Å². The van der Waals surface area contributed by atoms with E-state index in [1.807, 2.05) is 0 Å². The molecule has 0 heterocycles. The Bertz CT molecular complexity index is 52.6. The van der Waals surface area contributed by atoms with Gasteiger partial charge in [-0.3, -0.25) is 0 Å². The molecule has 0 aromatic carbocycles. The van der Waals surface area contributed by atoms with Gasteiger partial charge in [0.1, 0.15) is 0 Å². The molecule has 0 unspecified atom stereocenters. The van der Waals surface area contributed by atoms with E-state index in [1.54, 1.807) is 0 Å². The molecule has 0 rings (SSSR count). The van der Waals surface area contributed by atoms with Crippen molar-refractivity contribution in [3.8, 4) is 0 Å². The first-order valence-electron chi connectivity index (χ1n) is 0.612. The van der Waals surface area contributed by atoms with Crippen molar-refractivity contribution in [3.63, 3.8) is 0 Å². The third-order valence-corrected chi connectivity index (χ3v) is 0. The molecular formula is H4K4Mg3O7Ti2+4. The molecule has 60 valence electrons. The van der Waals surface area contributed by atoms with Gasteiger partial charge in [0.25, 0.3) is 0 Å². The standard InChI is InChI=1S/4K.3Mg.4H2O.3O.2Ti/h;;;;;;;4*1H2;;;;;/q4*+1;3*+2;;;;;;2*-1;;/p-4. The third kappa shape index (κ3) is 129. The molecule has 4 N–H and O–H groups in total. The molecule has 16 heavy (non-hydrogen) atoms. The van der Waals surface area contributed by atoms with Gasteiger partial charge in [0, 0.05) is 21.7 Å². The summed E-state index contributed by atoms with van der Waals surface area (Å²) in [5, 5.41) is 0. The first-order valence-corrected chi connectivity index (χ1v) is 2.52. The molecule has 0 aromatic heterocycles. The molecule has 0 fully saturated rings. The zero-order valence-corrected chi connectivity index (χ0v) is 30.0. The van der Waals surface area contributed by atoms with Crippen molar-refractivity contribution < 1.29 is 278 Å². The predicted molar refractivity (Wildman–Crippen MR) is 25.7 cm³/mol. The molecule has 0 saturated carbocycles. The van der Waals surface area contributed by atoms with Gasteiger partial charge in [-0.1, -0.05) is 0 Å². The van der Waals surface area contributed by atoms with E-state index in [2.05, 4.69) is 0 Å². The van der Waals surface area contributed by atoms with Crippen LogP contribution in [-0.4, -0.2) is 91.1 Å². The molecule has 16 heteroatoms. The van der Waals surface area contributed by atoms with Gasteiger partial charge in [-0.05, 0) is 0 Å². The van der Waals surface area contributed by atoms with Gasteiger partial charge in [-0.25, -0.2) is 0 Å². The molecule has 0 saturated heterocycles. The number of rotatable bonds is 0. The Hall–Kier alpha value is 9.83. The Balaban J connectivity index is -0.000000000682. The van der Waals surface area contributed by atoms with Crippen LogP contribution in [0.5, 0.6) is 0 Å². The van der Waals surface area contributed by atoms with Crippen LogP contribution in [0.1, 0.15) is 0 Å². The summed E-state index contributed by atoms with van der Waals surface area (Å²) in [6.45, 7) is 0. The van der Waals surface area contributed by atoms with E-state index in [0.717, 1.165) is 0 Å². The predicted octanol–water partition coefficient (Wildman–Crippen LogP) is -16.3. The summed E-state index contributed by atoms with van der Waals surface area (Å²) in [6, 6.07) is 0. The molecule has 0 radical (unpaired) electrons. The normalized spacial score (nSPS) is 1.62. The summed E-state index contributed by atoms with van der Waals surface area (Å²) < 4.78 is 25.8. The summed E-state index contributed by atoms with van der Waals surface area (Å²) in [5.41, 5.74) is 0. The van der Waals surface area contributed by atoms with Crippen LogP contribution in [0.25, 0.3) is 0 Å². The van der Waals surface area contributed by atoms with Gasteiger partial charge < -0.3 is 21.9 Å². The van der Waals surface area contributed by atoms with Gasteiger partial charge in [0.2, 0.25) is 0 Å². The molecule has 0 spiro atoms. The summed E-state index contributed by atoms with van der Waals surface area (Å²) in [7, 11) is 0. The van der Waals surface area contributed by atoms with Gasteiger partial charge in [0.15, 0.2) is 0 Å². The number of hydrogen-bond acceptors (Lipinski definition) is 7. The van der Waals surface area contributed by atoms with E-state index in [4.69, 9.17) is 10.7 Å². The Labute approximate surface area is 335 Å². The maximum Gasteiger partial charge on any atom is 0 e. The van der Waals surface area contributed by atoms with Crippen molar-refractivity contribution in [1.82, 2.24) is 0 Å². The third-order valence-electron chi connectivity index (χ3n) is 0. The van der Waals surface area contributed by atoms with Crippen LogP contribution >= 0.6 is 0 Å². The fourth-order valence-corrected chi connectivity index (χ4v) is 0. The van der Waals surface area contributed by atoms with Crippen molar-refractivity contribution in [2.24, 2.45) is 0 Å². The SMILES string of the molecule is [K+].[K+].[K+].[K+].[Mg+2].[Mg+2].[Mg+2].[OH-].[OH-].[OH-].[OH-].[O]=[Ti]([O-])[O-].[Ti]. The Morgan fingerprint density at radius 1 is 0.625 bits per heavy atom. The second-order valence-electron chi connectivity index (χ2n) is 0.250. The molecular weight excluding hydrogens is 437 g/mol. The Morgan fingerprint density at radius 3 is 0.625 bits per heavy atom. The van der Waals surface area contributed by atoms with Crippen LogP contribution in [0, 0.1) is 0 Å². The first kappa shape index (κ1) is 96.7. The molecule has 0 aromatic rings. The second-order valence-corrected chi connectivity index (χ2v) is 1.03. The maximum atomic E-state index is 8.58. The monoisotopic (exact) mass is 440 g/mol. The average Bonchev–Trinajstić information content (AvgIpc) is 0.811. The Kier molecular flexibility index (Phi) is 518. The van der Waals surface area contributed by atoms with Crippen LogP contribution in [0.15, 0.2) is 0 Å². The largest absolute Gasteiger partial charge is 0 e. The summed E-state index contributed by atoms with van der Waals surface area (Å²) in [4.78, 5) is 0. The van der Waals surface area contributed by atoms with Crippen molar-refractivity contribution in [2.75, 3.05) is 0 Å². The molecule has 0 bridgehead atoms. The van der Waals surface area contributed by atoms with Crippen molar-refractivity contribution in [1.29, 1.82) is 0 Å². The minimum Gasteiger partial charge on any atom is 0 e. The average molecular weight is 441 g/mol. The number of hydrogen-bond donors (Lipinski definition) is 0.